The second-order valence-electron chi connectivity index (χ2n) is 5.68. The fourth-order valence-electron chi connectivity index (χ4n) is 2.31. The number of carbonyl (C=O) groups is 1. The van der Waals surface area contributed by atoms with E-state index in [2.05, 4.69) is 25.0 Å². The van der Waals surface area contributed by atoms with Crippen molar-refractivity contribution in [1.29, 1.82) is 0 Å². The van der Waals surface area contributed by atoms with Gasteiger partial charge in [0, 0.05) is 32.7 Å². The van der Waals surface area contributed by atoms with Crippen LogP contribution < -0.4 is 10.6 Å². The Morgan fingerprint density at radius 1 is 1.24 bits per heavy atom. The number of nitrogens with zero attached hydrogens (tertiary/aromatic N) is 7. The van der Waals surface area contributed by atoms with Crippen LogP contribution in [0.1, 0.15) is 11.5 Å². The molecule has 0 fully saturated rings. The van der Waals surface area contributed by atoms with E-state index in [1.165, 1.54) is 0 Å². The SMILES string of the molecule is Cc1nc(N(C)C)ncc1-c1nc(CC(N)=O)nn1-c1ccncc1. The number of carbonyl (C=O) groups excluding carboxylic acids is 1. The third-order valence-corrected chi connectivity index (χ3v) is 3.50. The molecule has 0 aliphatic heterocycles. The molecule has 3 aromatic heterocycles. The van der Waals surface area contributed by atoms with Gasteiger partial charge in [-0.2, -0.15) is 5.10 Å². The lowest BCUT2D eigenvalue weighted by Gasteiger charge is -2.12. The predicted molar refractivity (Wildman–Crippen MR) is 92.1 cm³/mol. The predicted octanol–water partition coefficient (Wildman–Crippen LogP) is 0.522. The molecular weight excluding hydrogens is 320 g/mol. The molecule has 0 atom stereocenters. The number of nitrogens with two attached hydrogens (primary N) is 1. The summed E-state index contributed by atoms with van der Waals surface area (Å²) in [6, 6.07) is 3.60. The third-order valence-electron chi connectivity index (χ3n) is 3.50. The summed E-state index contributed by atoms with van der Waals surface area (Å²) < 4.78 is 1.64. The molecule has 128 valence electrons. The van der Waals surface area contributed by atoms with Crippen molar-refractivity contribution in [2.24, 2.45) is 5.73 Å². The summed E-state index contributed by atoms with van der Waals surface area (Å²) in [4.78, 5) is 30.4. The van der Waals surface area contributed by atoms with E-state index in [4.69, 9.17) is 5.73 Å². The van der Waals surface area contributed by atoms with Crippen molar-refractivity contribution in [3.8, 4) is 17.1 Å². The average molecular weight is 338 g/mol. The first-order chi connectivity index (χ1) is 12.0. The van der Waals surface area contributed by atoms with Crippen molar-refractivity contribution in [3.63, 3.8) is 0 Å². The molecule has 0 radical (unpaired) electrons. The smallest absolute Gasteiger partial charge is 0.225 e. The first kappa shape index (κ1) is 16.5. The van der Waals surface area contributed by atoms with E-state index >= 15 is 0 Å². The average Bonchev–Trinajstić information content (AvgIpc) is 2.98. The van der Waals surface area contributed by atoms with Crippen LogP contribution in [0.3, 0.4) is 0 Å². The normalized spacial score (nSPS) is 10.7. The van der Waals surface area contributed by atoms with Gasteiger partial charge in [-0.05, 0) is 19.1 Å². The fourth-order valence-corrected chi connectivity index (χ4v) is 2.31. The van der Waals surface area contributed by atoms with Gasteiger partial charge in [-0.25, -0.2) is 19.6 Å². The van der Waals surface area contributed by atoms with Crippen LogP contribution in [0.25, 0.3) is 17.1 Å². The van der Waals surface area contributed by atoms with Crippen LogP contribution in [0, 0.1) is 6.92 Å². The maximum atomic E-state index is 11.2. The molecule has 0 aliphatic carbocycles. The Bertz CT molecular complexity index is 904. The highest BCUT2D eigenvalue weighted by Gasteiger charge is 2.18. The van der Waals surface area contributed by atoms with E-state index in [0.29, 0.717) is 17.6 Å². The number of hydrogen-bond donors (Lipinski definition) is 1. The maximum Gasteiger partial charge on any atom is 0.225 e. The molecule has 3 aromatic rings. The second-order valence-corrected chi connectivity index (χ2v) is 5.68. The van der Waals surface area contributed by atoms with E-state index in [1.807, 2.05) is 25.9 Å². The first-order valence-electron chi connectivity index (χ1n) is 7.61. The Labute approximate surface area is 144 Å². The van der Waals surface area contributed by atoms with Gasteiger partial charge >= 0.3 is 0 Å². The number of hydrogen-bond acceptors (Lipinski definition) is 7. The van der Waals surface area contributed by atoms with E-state index in [-0.39, 0.29) is 6.42 Å². The maximum absolute atomic E-state index is 11.2. The fraction of sp³-hybridized carbons (Fsp3) is 0.250. The minimum absolute atomic E-state index is 0.0409. The molecule has 2 N–H and O–H groups in total. The van der Waals surface area contributed by atoms with Gasteiger partial charge in [-0.15, -0.1) is 0 Å². The summed E-state index contributed by atoms with van der Waals surface area (Å²) in [6.07, 6.45) is 4.98. The van der Waals surface area contributed by atoms with Crippen LogP contribution in [0.4, 0.5) is 5.95 Å². The molecule has 3 heterocycles. The molecule has 3 rings (SSSR count). The lowest BCUT2D eigenvalue weighted by molar-refractivity contribution is -0.117. The Hall–Kier alpha value is -3.36. The molecule has 0 spiro atoms. The van der Waals surface area contributed by atoms with Crippen molar-refractivity contribution in [3.05, 3.63) is 42.2 Å². The van der Waals surface area contributed by atoms with Gasteiger partial charge in [-0.3, -0.25) is 9.78 Å². The number of rotatable bonds is 5. The Morgan fingerprint density at radius 2 is 1.96 bits per heavy atom. The van der Waals surface area contributed by atoms with Gasteiger partial charge < -0.3 is 10.6 Å². The lowest BCUT2D eigenvalue weighted by Crippen LogP contribution is -2.14. The molecule has 0 unspecified atom stereocenters. The van der Waals surface area contributed by atoms with Crippen LogP contribution in [0.2, 0.25) is 0 Å². The summed E-state index contributed by atoms with van der Waals surface area (Å²) in [5.74, 6) is 1.00. The third kappa shape index (κ3) is 3.44. The second kappa shape index (κ2) is 6.63. The summed E-state index contributed by atoms with van der Waals surface area (Å²) in [5.41, 5.74) is 7.53. The van der Waals surface area contributed by atoms with Gasteiger partial charge in [-0.1, -0.05) is 0 Å². The molecule has 0 saturated carbocycles. The summed E-state index contributed by atoms with van der Waals surface area (Å²) in [6.45, 7) is 1.88. The number of primary amides is 1. The van der Waals surface area contributed by atoms with Crippen LogP contribution in [0.15, 0.2) is 30.7 Å². The Morgan fingerprint density at radius 3 is 2.56 bits per heavy atom. The molecule has 25 heavy (non-hydrogen) atoms. The highest BCUT2D eigenvalue weighted by molar-refractivity contribution is 5.76. The van der Waals surface area contributed by atoms with Gasteiger partial charge in [0.15, 0.2) is 11.6 Å². The standard InChI is InChI=1S/C16H18N8O/c1-10-12(9-19-16(20-10)23(2)3)15-21-14(8-13(17)25)22-24(15)11-4-6-18-7-5-11/h4-7,9H,8H2,1-3H3,(H2,17,25). The highest BCUT2D eigenvalue weighted by atomic mass is 16.1. The van der Waals surface area contributed by atoms with Gasteiger partial charge in [0.2, 0.25) is 11.9 Å². The Balaban J connectivity index is 2.14. The topological polar surface area (TPSA) is 116 Å². The van der Waals surface area contributed by atoms with Crippen LogP contribution in [-0.2, 0) is 11.2 Å². The van der Waals surface area contributed by atoms with Gasteiger partial charge in [0.1, 0.15) is 0 Å². The largest absolute Gasteiger partial charge is 0.369 e. The highest BCUT2D eigenvalue weighted by Crippen LogP contribution is 2.24. The molecular formula is C16H18N8O. The van der Waals surface area contributed by atoms with Crippen LogP contribution in [-0.4, -0.2) is 49.7 Å². The van der Waals surface area contributed by atoms with Crippen molar-refractivity contribution in [2.75, 3.05) is 19.0 Å². The molecule has 0 aliphatic rings. The molecule has 1 amide bonds. The first-order valence-corrected chi connectivity index (χ1v) is 7.61. The number of amides is 1. The summed E-state index contributed by atoms with van der Waals surface area (Å²) >= 11 is 0. The number of aryl methyl sites for hydroxylation is 1. The van der Waals surface area contributed by atoms with Crippen LogP contribution in [0.5, 0.6) is 0 Å². The van der Waals surface area contributed by atoms with Gasteiger partial charge in [0.25, 0.3) is 0 Å². The van der Waals surface area contributed by atoms with Crippen molar-refractivity contribution < 1.29 is 4.79 Å². The van der Waals surface area contributed by atoms with E-state index in [9.17, 15) is 4.79 Å². The quantitative estimate of drug-likeness (QED) is 0.721. The lowest BCUT2D eigenvalue weighted by atomic mass is 10.2. The monoisotopic (exact) mass is 338 g/mol. The summed E-state index contributed by atoms with van der Waals surface area (Å²) in [7, 11) is 3.75. The zero-order valence-corrected chi connectivity index (χ0v) is 14.2. The molecule has 9 nitrogen and oxygen atoms in total. The van der Waals surface area contributed by atoms with Crippen molar-refractivity contribution >= 4 is 11.9 Å². The molecule has 0 saturated heterocycles. The number of pyridine rings is 1. The summed E-state index contributed by atoms with van der Waals surface area (Å²) in [5, 5.41) is 4.41. The molecule has 0 bridgehead atoms. The number of aromatic nitrogens is 6. The van der Waals surface area contributed by atoms with Crippen molar-refractivity contribution in [1.82, 2.24) is 29.7 Å². The van der Waals surface area contributed by atoms with Crippen LogP contribution >= 0.6 is 0 Å². The number of anilines is 1. The van der Waals surface area contributed by atoms with E-state index in [0.717, 1.165) is 16.9 Å². The van der Waals surface area contributed by atoms with Crippen molar-refractivity contribution in [2.45, 2.75) is 13.3 Å². The molecule has 9 heteroatoms. The minimum atomic E-state index is -0.491. The zero-order chi connectivity index (χ0) is 18.0. The zero-order valence-electron chi connectivity index (χ0n) is 14.2. The van der Waals surface area contributed by atoms with E-state index in [1.54, 1.807) is 35.4 Å². The molecule has 0 aromatic carbocycles. The minimum Gasteiger partial charge on any atom is -0.369 e. The van der Waals surface area contributed by atoms with E-state index < -0.39 is 5.91 Å². The van der Waals surface area contributed by atoms with Gasteiger partial charge in [0.05, 0.1) is 23.4 Å². The Kier molecular flexibility index (Phi) is 4.38.